The van der Waals surface area contributed by atoms with Crippen molar-refractivity contribution in [3.63, 3.8) is 0 Å². The zero-order valence-corrected chi connectivity index (χ0v) is 12.3. The summed E-state index contributed by atoms with van der Waals surface area (Å²) in [5.74, 6) is -0.196. The van der Waals surface area contributed by atoms with E-state index in [4.69, 9.17) is 0 Å². The average Bonchev–Trinajstić information content (AvgIpc) is 2.45. The molecule has 0 aliphatic heterocycles. The van der Waals surface area contributed by atoms with Crippen LogP contribution in [0.15, 0.2) is 24.5 Å². The standard InChI is InChI=1S/C15H23N3O2/c1-3-4-5-9-18(13(2)19)12-15(20)17-11-14-7-6-8-16-10-14/h6-8,10H,3-5,9,11-12H2,1-2H3,(H,17,20). The van der Waals surface area contributed by atoms with Crippen LogP contribution in [-0.2, 0) is 16.1 Å². The first-order valence-electron chi connectivity index (χ1n) is 7.04. The summed E-state index contributed by atoms with van der Waals surface area (Å²) in [6.07, 6.45) is 6.51. The van der Waals surface area contributed by atoms with Crippen molar-refractivity contribution in [3.05, 3.63) is 30.1 Å². The maximum atomic E-state index is 11.8. The van der Waals surface area contributed by atoms with Crippen molar-refractivity contribution in [3.8, 4) is 0 Å². The molecule has 1 heterocycles. The van der Waals surface area contributed by atoms with E-state index in [2.05, 4.69) is 17.2 Å². The fourth-order valence-corrected chi connectivity index (χ4v) is 1.83. The van der Waals surface area contributed by atoms with Gasteiger partial charge in [-0.05, 0) is 18.1 Å². The van der Waals surface area contributed by atoms with Gasteiger partial charge in [-0.25, -0.2) is 0 Å². The Balaban J connectivity index is 2.36. The Hall–Kier alpha value is -1.91. The second-order valence-electron chi connectivity index (χ2n) is 4.79. The van der Waals surface area contributed by atoms with Gasteiger partial charge in [-0.2, -0.15) is 0 Å². The summed E-state index contributed by atoms with van der Waals surface area (Å²) in [5, 5.41) is 2.80. The fourth-order valence-electron chi connectivity index (χ4n) is 1.83. The average molecular weight is 277 g/mol. The first kappa shape index (κ1) is 16.1. The van der Waals surface area contributed by atoms with Gasteiger partial charge in [0.05, 0.1) is 6.54 Å². The minimum atomic E-state index is -0.138. The van der Waals surface area contributed by atoms with E-state index >= 15 is 0 Å². The third-order valence-electron chi connectivity index (χ3n) is 3.02. The minimum absolute atomic E-state index is 0.0577. The van der Waals surface area contributed by atoms with E-state index in [0.717, 1.165) is 24.8 Å². The summed E-state index contributed by atoms with van der Waals surface area (Å²) in [5.41, 5.74) is 0.946. The Labute approximate surface area is 120 Å². The molecule has 1 aromatic rings. The van der Waals surface area contributed by atoms with Gasteiger partial charge in [-0.15, -0.1) is 0 Å². The summed E-state index contributed by atoms with van der Waals surface area (Å²) in [6.45, 7) is 4.81. The normalized spacial score (nSPS) is 10.1. The predicted molar refractivity (Wildman–Crippen MR) is 77.9 cm³/mol. The summed E-state index contributed by atoms with van der Waals surface area (Å²) < 4.78 is 0. The van der Waals surface area contributed by atoms with Crippen LogP contribution in [0.1, 0.15) is 38.7 Å². The van der Waals surface area contributed by atoms with Crippen molar-refractivity contribution < 1.29 is 9.59 Å². The maximum Gasteiger partial charge on any atom is 0.239 e. The topological polar surface area (TPSA) is 62.3 Å². The second kappa shape index (κ2) is 9.07. The van der Waals surface area contributed by atoms with Crippen molar-refractivity contribution in [2.45, 2.75) is 39.7 Å². The molecule has 0 bridgehead atoms. The monoisotopic (exact) mass is 277 g/mol. The molecule has 0 fully saturated rings. The van der Waals surface area contributed by atoms with E-state index in [1.807, 2.05) is 12.1 Å². The van der Waals surface area contributed by atoms with Crippen LogP contribution >= 0.6 is 0 Å². The van der Waals surface area contributed by atoms with Crippen LogP contribution in [-0.4, -0.2) is 34.8 Å². The molecule has 0 aromatic carbocycles. The highest BCUT2D eigenvalue weighted by Gasteiger charge is 2.12. The van der Waals surface area contributed by atoms with E-state index in [1.54, 1.807) is 17.3 Å². The molecule has 0 spiro atoms. The Kier molecular flexibility index (Phi) is 7.32. The number of aromatic nitrogens is 1. The van der Waals surface area contributed by atoms with Crippen LogP contribution in [0.4, 0.5) is 0 Å². The number of nitrogens with zero attached hydrogens (tertiary/aromatic N) is 2. The second-order valence-corrected chi connectivity index (χ2v) is 4.79. The quantitative estimate of drug-likeness (QED) is 0.736. The third-order valence-corrected chi connectivity index (χ3v) is 3.02. The molecule has 5 nitrogen and oxygen atoms in total. The van der Waals surface area contributed by atoms with Crippen LogP contribution in [0.25, 0.3) is 0 Å². The number of hydrogen-bond donors (Lipinski definition) is 1. The number of amides is 2. The molecule has 2 amide bonds. The lowest BCUT2D eigenvalue weighted by atomic mass is 10.2. The van der Waals surface area contributed by atoms with Crippen molar-refractivity contribution in [2.24, 2.45) is 0 Å². The summed E-state index contributed by atoms with van der Waals surface area (Å²) in [7, 11) is 0. The smallest absolute Gasteiger partial charge is 0.239 e. The van der Waals surface area contributed by atoms with Gasteiger partial charge in [-0.1, -0.05) is 25.8 Å². The summed E-state index contributed by atoms with van der Waals surface area (Å²) >= 11 is 0. The molecule has 0 aliphatic carbocycles. The molecule has 0 unspecified atom stereocenters. The number of unbranched alkanes of at least 4 members (excludes halogenated alkanes) is 2. The van der Waals surface area contributed by atoms with Gasteiger partial charge in [0, 0.05) is 32.4 Å². The number of nitrogens with one attached hydrogen (secondary N) is 1. The molecule has 0 radical (unpaired) electrons. The number of hydrogen-bond acceptors (Lipinski definition) is 3. The lowest BCUT2D eigenvalue weighted by molar-refractivity contribution is -0.134. The van der Waals surface area contributed by atoms with E-state index in [1.165, 1.54) is 6.92 Å². The highest BCUT2D eigenvalue weighted by Crippen LogP contribution is 1.99. The molecule has 1 rings (SSSR count). The molecule has 20 heavy (non-hydrogen) atoms. The van der Waals surface area contributed by atoms with Crippen LogP contribution in [0.2, 0.25) is 0 Å². The molecular formula is C15H23N3O2. The van der Waals surface area contributed by atoms with Gasteiger partial charge < -0.3 is 10.2 Å². The molecule has 5 heteroatoms. The van der Waals surface area contributed by atoms with Crippen molar-refractivity contribution in [2.75, 3.05) is 13.1 Å². The van der Waals surface area contributed by atoms with Crippen molar-refractivity contribution in [1.29, 1.82) is 0 Å². The van der Waals surface area contributed by atoms with E-state index in [0.29, 0.717) is 13.1 Å². The zero-order valence-electron chi connectivity index (χ0n) is 12.3. The molecule has 1 N–H and O–H groups in total. The lowest BCUT2D eigenvalue weighted by Crippen LogP contribution is -2.40. The number of carbonyl (C=O) groups is 2. The van der Waals surface area contributed by atoms with Crippen LogP contribution in [0.3, 0.4) is 0 Å². The Morgan fingerprint density at radius 3 is 2.75 bits per heavy atom. The van der Waals surface area contributed by atoms with Gasteiger partial charge in [0.25, 0.3) is 0 Å². The highest BCUT2D eigenvalue weighted by atomic mass is 16.2. The summed E-state index contributed by atoms with van der Waals surface area (Å²) in [4.78, 5) is 28.9. The first-order valence-corrected chi connectivity index (χ1v) is 7.04. The largest absolute Gasteiger partial charge is 0.350 e. The van der Waals surface area contributed by atoms with Gasteiger partial charge in [-0.3, -0.25) is 14.6 Å². The number of carbonyl (C=O) groups excluding carboxylic acids is 2. The number of pyridine rings is 1. The fraction of sp³-hybridized carbons (Fsp3) is 0.533. The minimum Gasteiger partial charge on any atom is -0.350 e. The number of rotatable bonds is 8. The summed E-state index contributed by atoms with van der Waals surface area (Å²) in [6, 6.07) is 3.73. The van der Waals surface area contributed by atoms with E-state index in [9.17, 15) is 9.59 Å². The SMILES string of the molecule is CCCCCN(CC(=O)NCc1cccnc1)C(C)=O. The highest BCUT2D eigenvalue weighted by molar-refractivity contribution is 5.83. The predicted octanol–water partition coefficient (Wildman–Crippen LogP) is 1.74. The molecule has 0 atom stereocenters. The Bertz CT molecular complexity index is 420. The Morgan fingerprint density at radius 1 is 1.35 bits per heavy atom. The van der Waals surface area contributed by atoms with Gasteiger partial charge in [0.2, 0.25) is 11.8 Å². The van der Waals surface area contributed by atoms with E-state index < -0.39 is 0 Å². The zero-order chi connectivity index (χ0) is 14.8. The maximum absolute atomic E-state index is 11.8. The van der Waals surface area contributed by atoms with Crippen LogP contribution in [0, 0.1) is 0 Å². The van der Waals surface area contributed by atoms with Gasteiger partial charge >= 0.3 is 0 Å². The van der Waals surface area contributed by atoms with Crippen molar-refractivity contribution in [1.82, 2.24) is 15.2 Å². The van der Waals surface area contributed by atoms with Crippen LogP contribution < -0.4 is 5.32 Å². The van der Waals surface area contributed by atoms with Crippen LogP contribution in [0.5, 0.6) is 0 Å². The molecule has 110 valence electrons. The lowest BCUT2D eigenvalue weighted by Gasteiger charge is -2.20. The third kappa shape index (κ3) is 6.31. The van der Waals surface area contributed by atoms with Gasteiger partial charge in [0.15, 0.2) is 0 Å². The molecule has 1 aromatic heterocycles. The molecule has 0 saturated carbocycles. The molecular weight excluding hydrogens is 254 g/mol. The molecule has 0 aliphatic rings. The first-order chi connectivity index (χ1) is 9.63. The van der Waals surface area contributed by atoms with E-state index in [-0.39, 0.29) is 18.4 Å². The molecule has 0 saturated heterocycles. The van der Waals surface area contributed by atoms with Crippen molar-refractivity contribution >= 4 is 11.8 Å². The Morgan fingerprint density at radius 2 is 2.15 bits per heavy atom. The van der Waals surface area contributed by atoms with Gasteiger partial charge in [0.1, 0.15) is 0 Å².